The summed E-state index contributed by atoms with van der Waals surface area (Å²) >= 11 is 5.07. The van der Waals surface area contributed by atoms with E-state index in [9.17, 15) is 0 Å². The zero-order valence-corrected chi connectivity index (χ0v) is 11.5. The van der Waals surface area contributed by atoms with E-state index in [4.69, 9.17) is 17.0 Å². The molecule has 0 amide bonds. The second-order valence-electron chi connectivity index (χ2n) is 4.14. The lowest BCUT2D eigenvalue weighted by Gasteiger charge is -2.05. The van der Waals surface area contributed by atoms with E-state index in [2.05, 4.69) is 17.0 Å². The fraction of sp³-hybridized carbons (Fsp3) is 0.385. The van der Waals surface area contributed by atoms with Gasteiger partial charge in [-0.3, -0.25) is 9.78 Å². The molecule has 2 aromatic rings. The molecule has 0 aliphatic rings. The minimum Gasteiger partial charge on any atom is -0.494 e. The van der Waals surface area contributed by atoms with E-state index in [1.807, 2.05) is 31.3 Å². The molecule has 0 saturated heterocycles. The molecular formula is C13H17N3OS. The minimum atomic E-state index is 0.549. The summed E-state index contributed by atoms with van der Waals surface area (Å²) in [7, 11) is 1.85. The number of nitrogens with zero attached hydrogens (tertiary/aromatic N) is 2. The van der Waals surface area contributed by atoms with Crippen LogP contribution in [0.3, 0.4) is 0 Å². The van der Waals surface area contributed by atoms with Crippen molar-refractivity contribution in [2.75, 3.05) is 6.61 Å². The average Bonchev–Trinajstić information content (AvgIpc) is 2.71. The smallest absolute Gasteiger partial charge is 0.216 e. The number of rotatable bonds is 5. The fourth-order valence-electron chi connectivity index (χ4n) is 1.57. The number of ether oxygens (including phenoxy) is 1. The maximum atomic E-state index is 5.61. The Balaban J connectivity index is 2.09. The van der Waals surface area contributed by atoms with Crippen LogP contribution in [0.15, 0.2) is 24.3 Å². The molecule has 0 spiro atoms. The standard InChI is InChI=1S/C13H17N3OS/c1-3-4-9-17-11-7-5-10(6-8-11)12-14-13(18)16(2)15-12/h5-8H,3-4,9H2,1-2H3,(H,14,15,18). The van der Waals surface area contributed by atoms with Crippen molar-refractivity contribution in [2.45, 2.75) is 19.8 Å². The van der Waals surface area contributed by atoms with Gasteiger partial charge in [-0.1, -0.05) is 13.3 Å². The number of benzene rings is 1. The number of aromatic amines is 1. The first-order valence-electron chi connectivity index (χ1n) is 6.07. The molecule has 1 N–H and O–H groups in total. The molecule has 1 heterocycles. The Bertz CT molecular complexity index is 556. The van der Waals surface area contributed by atoms with Crippen LogP contribution in [0.4, 0.5) is 0 Å². The van der Waals surface area contributed by atoms with E-state index in [1.165, 1.54) is 0 Å². The lowest BCUT2D eigenvalue weighted by molar-refractivity contribution is 0.309. The Morgan fingerprint density at radius 3 is 2.61 bits per heavy atom. The molecule has 18 heavy (non-hydrogen) atoms. The van der Waals surface area contributed by atoms with Crippen LogP contribution in [0, 0.1) is 4.77 Å². The van der Waals surface area contributed by atoms with Gasteiger partial charge in [0.2, 0.25) is 4.77 Å². The topological polar surface area (TPSA) is 42.8 Å². The highest BCUT2D eigenvalue weighted by Crippen LogP contribution is 2.19. The zero-order valence-electron chi connectivity index (χ0n) is 10.6. The molecular weight excluding hydrogens is 246 g/mol. The van der Waals surface area contributed by atoms with Crippen LogP contribution in [0.2, 0.25) is 0 Å². The third kappa shape index (κ3) is 2.98. The Morgan fingerprint density at radius 1 is 1.33 bits per heavy atom. The highest BCUT2D eigenvalue weighted by atomic mass is 32.1. The monoisotopic (exact) mass is 263 g/mol. The van der Waals surface area contributed by atoms with Gasteiger partial charge in [-0.05, 0) is 42.9 Å². The Labute approximate surface area is 112 Å². The Hall–Kier alpha value is -1.62. The van der Waals surface area contributed by atoms with Gasteiger partial charge in [0, 0.05) is 12.6 Å². The summed E-state index contributed by atoms with van der Waals surface area (Å²) in [5.41, 5.74) is 1.00. The van der Waals surface area contributed by atoms with Crippen LogP contribution in [-0.2, 0) is 7.05 Å². The van der Waals surface area contributed by atoms with Crippen LogP contribution < -0.4 is 4.74 Å². The third-order valence-corrected chi connectivity index (χ3v) is 3.03. The van der Waals surface area contributed by atoms with Gasteiger partial charge < -0.3 is 4.74 Å². The summed E-state index contributed by atoms with van der Waals surface area (Å²) in [6.45, 7) is 2.91. The number of unbranched alkanes of at least 4 members (excludes halogenated alkanes) is 1. The van der Waals surface area contributed by atoms with Gasteiger partial charge in [-0.2, -0.15) is 4.98 Å². The molecule has 0 aliphatic carbocycles. The zero-order chi connectivity index (χ0) is 13.0. The van der Waals surface area contributed by atoms with Crippen LogP contribution in [-0.4, -0.2) is 21.4 Å². The predicted molar refractivity (Wildman–Crippen MR) is 74.2 cm³/mol. The average molecular weight is 263 g/mol. The van der Waals surface area contributed by atoms with Crippen molar-refractivity contribution in [3.63, 3.8) is 0 Å². The molecule has 0 saturated carbocycles. The Morgan fingerprint density at radius 2 is 2.06 bits per heavy atom. The summed E-state index contributed by atoms with van der Waals surface area (Å²) in [4.78, 5) is 4.27. The normalized spacial score (nSPS) is 10.6. The second-order valence-corrected chi connectivity index (χ2v) is 4.51. The third-order valence-electron chi connectivity index (χ3n) is 2.66. The quantitative estimate of drug-likeness (QED) is 0.664. The van der Waals surface area contributed by atoms with Crippen molar-refractivity contribution in [2.24, 2.45) is 7.05 Å². The summed E-state index contributed by atoms with van der Waals surface area (Å²) < 4.78 is 7.88. The van der Waals surface area contributed by atoms with E-state index in [1.54, 1.807) is 4.68 Å². The fourth-order valence-corrected chi connectivity index (χ4v) is 1.71. The summed E-state index contributed by atoms with van der Waals surface area (Å²) in [6, 6.07) is 7.87. The molecule has 2 rings (SSSR count). The van der Waals surface area contributed by atoms with Crippen molar-refractivity contribution in [3.8, 4) is 17.1 Å². The highest BCUT2D eigenvalue weighted by Gasteiger charge is 2.03. The molecule has 0 bridgehead atoms. The molecule has 0 atom stereocenters. The van der Waals surface area contributed by atoms with E-state index >= 15 is 0 Å². The highest BCUT2D eigenvalue weighted by molar-refractivity contribution is 7.71. The molecule has 4 nitrogen and oxygen atoms in total. The summed E-state index contributed by atoms with van der Waals surface area (Å²) in [5, 5.41) is 3.09. The Kier molecular flexibility index (Phi) is 4.15. The van der Waals surface area contributed by atoms with Crippen LogP contribution in [0.1, 0.15) is 19.8 Å². The number of aryl methyl sites for hydroxylation is 1. The van der Waals surface area contributed by atoms with Crippen LogP contribution in [0.5, 0.6) is 5.75 Å². The van der Waals surface area contributed by atoms with E-state index in [0.717, 1.165) is 36.6 Å². The van der Waals surface area contributed by atoms with Gasteiger partial charge in [-0.25, -0.2) is 0 Å². The van der Waals surface area contributed by atoms with Crippen LogP contribution in [0.25, 0.3) is 11.4 Å². The van der Waals surface area contributed by atoms with Gasteiger partial charge in [0.05, 0.1) is 6.61 Å². The van der Waals surface area contributed by atoms with Crippen molar-refractivity contribution in [1.82, 2.24) is 14.8 Å². The predicted octanol–water partition coefficient (Wildman–Crippen LogP) is 3.32. The molecule has 5 heteroatoms. The van der Waals surface area contributed by atoms with Crippen molar-refractivity contribution in [3.05, 3.63) is 29.0 Å². The maximum Gasteiger partial charge on any atom is 0.216 e. The van der Waals surface area contributed by atoms with Gasteiger partial charge >= 0.3 is 0 Å². The molecule has 0 aliphatic heterocycles. The summed E-state index contributed by atoms with van der Waals surface area (Å²) in [5.74, 6) is 1.67. The number of H-pyrrole nitrogens is 1. The largest absolute Gasteiger partial charge is 0.494 e. The lowest BCUT2D eigenvalue weighted by atomic mass is 10.2. The molecule has 1 aromatic carbocycles. The van der Waals surface area contributed by atoms with E-state index in [-0.39, 0.29) is 0 Å². The first-order valence-corrected chi connectivity index (χ1v) is 6.48. The number of hydrogen-bond acceptors (Lipinski definition) is 3. The number of nitrogens with one attached hydrogen (secondary N) is 1. The minimum absolute atomic E-state index is 0.549. The summed E-state index contributed by atoms with van der Waals surface area (Å²) in [6.07, 6.45) is 2.22. The van der Waals surface area contributed by atoms with Crippen LogP contribution >= 0.6 is 12.2 Å². The molecule has 0 radical (unpaired) electrons. The maximum absolute atomic E-state index is 5.61. The van der Waals surface area contributed by atoms with Gasteiger partial charge in [0.25, 0.3) is 0 Å². The van der Waals surface area contributed by atoms with Gasteiger partial charge in [0.15, 0.2) is 5.82 Å². The first kappa shape index (κ1) is 12.8. The SMILES string of the molecule is CCCCOc1ccc(-c2nc(=S)n(C)[nH]2)cc1. The molecule has 96 valence electrons. The van der Waals surface area contributed by atoms with Gasteiger partial charge in [-0.15, -0.1) is 0 Å². The van der Waals surface area contributed by atoms with Crippen molar-refractivity contribution in [1.29, 1.82) is 0 Å². The second kappa shape index (κ2) is 5.82. The molecule has 0 fully saturated rings. The van der Waals surface area contributed by atoms with Crippen molar-refractivity contribution < 1.29 is 4.74 Å². The molecule has 0 unspecified atom stereocenters. The number of hydrogen-bond donors (Lipinski definition) is 1. The van der Waals surface area contributed by atoms with Crippen molar-refractivity contribution >= 4 is 12.2 Å². The van der Waals surface area contributed by atoms with E-state index in [0.29, 0.717) is 4.77 Å². The molecule has 1 aromatic heterocycles. The number of aromatic nitrogens is 3. The first-order chi connectivity index (χ1) is 8.70. The lowest BCUT2D eigenvalue weighted by Crippen LogP contribution is -1.96. The van der Waals surface area contributed by atoms with E-state index < -0.39 is 0 Å². The van der Waals surface area contributed by atoms with Gasteiger partial charge in [0.1, 0.15) is 5.75 Å².